The number of benzene rings is 1. The average molecular weight is 314 g/mol. The number of sulfonamides is 1. The molecule has 1 aromatic carbocycles. The molecule has 0 unspecified atom stereocenters. The van der Waals surface area contributed by atoms with E-state index >= 15 is 0 Å². The lowest BCUT2D eigenvalue weighted by molar-refractivity contribution is 0.172. The molecule has 0 aliphatic carbocycles. The van der Waals surface area contributed by atoms with Crippen LogP contribution in [0.4, 0.5) is 5.69 Å². The third-order valence-electron chi connectivity index (χ3n) is 4.24. The van der Waals surface area contributed by atoms with Gasteiger partial charge in [0.2, 0.25) is 10.0 Å². The van der Waals surface area contributed by atoms with E-state index in [2.05, 4.69) is 4.72 Å². The molecule has 0 saturated heterocycles. The Morgan fingerprint density at radius 2 is 1.71 bits per heavy atom. The zero-order chi connectivity index (χ0) is 16.4. The van der Waals surface area contributed by atoms with Crippen LogP contribution in [0, 0.1) is 20.8 Å². The van der Waals surface area contributed by atoms with Gasteiger partial charge < -0.3 is 10.8 Å². The zero-order valence-electron chi connectivity index (χ0n) is 13.4. The molecule has 0 spiro atoms. The molecule has 0 saturated carbocycles. The fraction of sp³-hybridized carbons (Fsp3) is 0.600. The summed E-state index contributed by atoms with van der Waals surface area (Å²) in [6, 6.07) is 1.77. The first-order valence-corrected chi connectivity index (χ1v) is 8.63. The van der Waals surface area contributed by atoms with Gasteiger partial charge in [0.05, 0.1) is 17.0 Å². The van der Waals surface area contributed by atoms with Crippen molar-refractivity contribution < 1.29 is 13.5 Å². The first kappa shape index (κ1) is 17.9. The summed E-state index contributed by atoms with van der Waals surface area (Å²) < 4.78 is 28.2. The average Bonchev–Trinajstić information content (AvgIpc) is 2.42. The molecule has 6 heteroatoms. The first-order chi connectivity index (χ1) is 9.64. The number of anilines is 1. The van der Waals surface area contributed by atoms with E-state index in [9.17, 15) is 13.5 Å². The SMILES string of the molecule is CCC(CC)(CO)NS(=O)(=O)c1c(C)cc(C)c(N)c1C. The highest BCUT2D eigenvalue weighted by atomic mass is 32.2. The third-order valence-corrected chi connectivity index (χ3v) is 6.10. The maximum Gasteiger partial charge on any atom is 0.241 e. The van der Waals surface area contributed by atoms with Gasteiger partial charge in [0, 0.05) is 5.69 Å². The molecule has 0 heterocycles. The standard InChI is InChI=1S/C15H26N2O3S/c1-6-15(7-2,9-18)17-21(19,20)14-11(4)8-10(3)13(16)12(14)5/h8,17-18H,6-7,9,16H2,1-5H3. The third kappa shape index (κ3) is 3.39. The number of nitrogen functional groups attached to an aromatic ring is 1. The Labute approximate surface area is 127 Å². The second-order valence-electron chi connectivity index (χ2n) is 5.63. The van der Waals surface area contributed by atoms with E-state index in [-0.39, 0.29) is 11.5 Å². The van der Waals surface area contributed by atoms with Crippen molar-refractivity contribution >= 4 is 15.7 Å². The van der Waals surface area contributed by atoms with Gasteiger partial charge in [0.15, 0.2) is 0 Å². The van der Waals surface area contributed by atoms with Crippen molar-refractivity contribution in [1.29, 1.82) is 0 Å². The number of hydrogen-bond donors (Lipinski definition) is 3. The predicted octanol–water partition coefficient (Wildman–Crippen LogP) is 2.02. The number of aryl methyl sites for hydroxylation is 2. The van der Waals surface area contributed by atoms with Crippen LogP contribution in [0.3, 0.4) is 0 Å². The fourth-order valence-electron chi connectivity index (χ4n) is 2.58. The number of aliphatic hydroxyl groups is 1. The monoisotopic (exact) mass is 314 g/mol. The molecule has 120 valence electrons. The van der Waals surface area contributed by atoms with Crippen LogP contribution in [0.15, 0.2) is 11.0 Å². The van der Waals surface area contributed by atoms with Crippen molar-refractivity contribution in [2.75, 3.05) is 12.3 Å². The van der Waals surface area contributed by atoms with E-state index in [1.165, 1.54) is 0 Å². The minimum atomic E-state index is -3.74. The van der Waals surface area contributed by atoms with Gasteiger partial charge in [-0.2, -0.15) is 0 Å². The summed E-state index contributed by atoms with van der Waals surface area (Å²) in [5, 5.41) is 9.57. The van der Waals surface area contributed by atoms with Crippen LogP contribution in [0.25, 0.3) is 0 Å². The van der Waals surface area contributed by atoms with Crippen LogP contribution in [-0.4, -0.2) is 25.7 Å². The minimum Gasteiger partial charge on any atom is -0.398 e. The van der Waals surface area contributed by atoms with Crippen LogP contribution >= 0.6 is 0 Å². The maximum absolute atomic E-state index is 12.8. The van der Waals surface area contributed by atoms with Crippen molar-refractivity contribution in [1.82, 2.24) is 4.72 Å². The molecule has 21 heavy (non-hydrogen) atoms. The smallest absolute Gasteiger partial charge is 0.241 e. The molecule has 5 nitrogen and oxygen atoms in total. The Morgan fingerprint density at radius 1 is 1.19 bits per heavy atom. The van der Waals surface area contributed by atoms with Crippen molar-refractivity contribution in [3.63, 3.8) is 0 Å². The number of hydrogen-bond acceptors (Lipinski definition) is 4. The number of nitrogens with two attached hydrogens (primary N) is 1. The molecule has 0 fully saturated rings. The van der Waals surface area contributed by atoms with E-state index in [1.54, 1.807) is 19.9 Å². The van der Waals surface area contributed by atoms with Gasteiger partial charge in [-0.3, -0.25) is 0 Å². The fourth-order valence-corrected chi connectivity index (χ4v) is 4.60. The quantitative estimate of drug-likeness (QED) is 0.700. The Hall–Kier alpha value is -1.11. The summed E-state index contributed by atoms with van der Waals surface area (Å²) in [6.45, 7) is 8.79. The van der Waals surface area contributed by atoms with Gasteiger partial charge in [-0.05, 0) is 50.3 Å². The molecule has 0 aromatic heterocycles. The van der Waals surface area contributed by atoms with Crippen LogP contribution in [0.5, 0.6) is 0 Å². The summed E-state index contributed by atoms with van der Waals surface area (Å²) in [6.07, 6.45) is 1.03. The minimum absolute atomic E-state index is 0.213. The Kier molecular flexibility index (Phi) is 5.41. The molecular formula is C15H26N2O3S. The van der Waals surface area contributed by atoms with E-state index in [0.717, 1.165) is 5.56 Å². The van der Waals surface area contributed by atoms with Crippen LogP contribution < -0.4 is 10.5 Å². The van der Waals surface area contributed by atoms with Crippen molar-refractivity contribution in [2.45, 2.75) is 57.9 Å². The Balaban J connectivity index is 3.43. The Bertz CT molecular complexity index is 612. The van der Waals surface area contributed by atoms with Crippen LogP contribution in [-0.2, 0) is 10.0 Å². The van der Waals surface area contributed by atoms with Crippen LogP contribution in [0.2, 0.25) is 0 Å². The van der Waals surface area contributed by atoms with Gasteiger partial charge in [0.1, 0.15) is 0 Å². The van der Waals surface area contributed by atoms with Crippen LogP contribution in [0.1, 0.15) is 43.4 Å². The highest BCUT2D eigenvalue weighted by Crippen LogP contribution is 2.29. The lowest BCUT2D eigenvalue weighted by Crippen LogP contribution is -2.50. The zero-order valence-corrected chi connectivity index (χ0v) is 14.3. The van der Waals surface area contributed by atoms with Crippen molar-refractivity contribution in [3.8, 4) is 0 Å². The van der Waals surface area contributed by atoms with Gasteiger partial charge in [-0.15, -0.1) is 0 Å². The van der Waals surface area contributed by atoms with Gasteiger partial charge in [-0.1, -0.05) is 19.9 Å². The summed E-state index contributed by atoms with van der Waals surface area (Å²) in [4.78, 5) is 0.213. The van der Waals surface area contributed by atoms with Gasteiger partial charge in [-0.25, -0.2) is 13.1 Å². The predicted molar refractivity (Wildman–Crippen MR) is 85.8 cm³/mol. The summed E-state index contributed by atoms with van der Waals surface area (Å²) in [7, 11) is -3.74. The summed E-state index contributed by atoms with van der Waals surface area (Å²) in [5.41, 5.74) is 7.70. The van der Waals surface area contributed by atoms with Gasteiger partial charge in [0.25, 0.3) is 0 Å². The van der Waals surface area contributed by atoms with Crippen molar-refractivity contribution in [2.24, 2.45) is 0 Å². The number of nitrogens with one attached hydrogen (secondary N) is 1. The number of aliphatic hydroxyl groups excluding tert-OH is 1. The van der Waals surface area contributed by atoms with E-state index in [4.69, 9.17) is 5.73 Å². The normalized spacial score (nSPS) is 12.7. The molecular weight excluding hydrogens is 288 g/mol. The maximum atomic E-state index is 12.8. The topological polar surface area (TPSA) is 92.4 Å². The van der Waals surface area contributed by atoms with Crippen molar-refractivity contribution in [3.05, 3.63) is 22.8 Å². The van der Waals surface area contributed by atoms with E-state index < -0.39 is 15.6 Å². The largest absolute Gasteiger partial charge is 0.398 e. The molecule has 0 radical (unpaired) electrons. The molecule has 4 N–H and O–H groups in total. The molecule has 0 amide bonds. The van der Waals surface area contributed by atoms with E-state index in [0.29, 0.717) is 29.7 Å². The molecule has 1 rings (SSSR count). The Morgan fingerprint density at radius 3 is 2.14 bits per heavy atom. The molecule has 1 aromatic rings. The summed E-state index contributed by atoms with van der Waals surface area (Å²) in [5.74, 6) is 0. The summed E-state index contributed by atoms with van der Waals surface area (Å²) >= 11 is 0. The highest BCUT2D eigenvalue weighted by Gasteiger charge is 2.33. The number of rotatable bonds is 6. The lowest BCUT2D eigenvalue weighted by atomic mass is 9.96. The molecule has 0 atom stereocenters. The van der Waals surface area contributed by atoms with E-state index in [1.807, 2.05) is 20.8 Å². The molecule has 0 aliphatic rings. The highest BCUT2D eigenvalue weighted by molar-refractivity contribution is 7.89. The first-order valence-electron chi connectivity index (χ1n) is 7.15. The second-order valence-corrected chi connectivity index (χ2v) is 7.25. The molecule has 0 aliphatic heterocycles. The van der Waals surface area contributed by atoms with Gasteiger partial charge >= 0.3 is 0 Å². The lowest BCUT2D eigenvalue weighted by Gasteiger charge is -2.31. The molecule has 0 bridgehead atoms. The second kappa shape index (κ2) is 6.34.